The highest BCUT2D eigenvalue weighted by atomic mass is 19.4. The summed E-state index contributed by atoms with van der Waals surface area (Å²) in [5.74, 6) is -2.48. The fourth-order valence-electron chi connectivity index (χ4n) is 4.00. The van der Waals surface area contributed by atoms with Crippen LogP contribution >= 0.6 is 0 Å². The number of methoxy groups -OCH3 is 1. The summed E-state index contributed by atoms with van der Waals surface area (Å²) in [5.41, 5.74) is 0.135. The molecule has 0 bridgehead atoms. The molecule has 1 aromatic heterocycles. The van der Waals surface area contributed by atoms with Gasteiger partial charge in [-0.25, -0.2) is 9.59 Å². The van der Waals surface area contributed by atoms with Crippen LogP contribution in [0.25, 0.3) is 11.3 Å². The van der Waals surface area contributed by atoms with Gasteiger partial charge < -0.3 is 23.9 Å². The molecular weight excluding hydrogens is 471 g/mol. The van der Waals surface area contributed by atoms with Gasteiger partial charge in [0.2, 0.25) is 0 Å². The van der Waals surface area contributed by atoms with Crippen LogP contribution in [0, 0.1) is 5.92 Å². The van der Waals surface area contributed by atoms with Crippen molar-refractivity contribution in [1.82, 2.24) is 4.57 Å². The molecule has 2 aromatic rings. The number of hydrogen-bond donors (Lipinski definition) is 1. The van der Waals surface area contributed by atoms with Gasteiger partial charge in [-0.15, -0.1) is 0 Å². The number of carbonyl (C=O) groups is 2. The third kappa shape index (κ3) is 6.02. The van der Waals surface area contributed by atoms with Gasteiger partial charge in [0, 0.05) is 44.0 Å². The molecule has 1 aliphatic heterocycles. The van der Waals surface area contributed by atoms with Gasteiger partial charge in [0.1, 0.15) is 16.9 Å². The van der Waals surface area contributed by atoms with Crippen molar-refractivity contribution in [3.05, 3.63) is 51.3 Å². The second-order valence-corrected chi connectivity index (χ2v) is 8.56. The number of ether oxygens (including phenoxy) is 3. The van der Waals surface area contributed by atoms with Gasteiger partial charge in [-0.05, 0) is 30.0 Å². The highest BCUT2D eigenvalue weighted by molar-refractivity contribution is 5.95. The zero-order valence-corrected chi connectivity index (χ0v) is 19.5. The Bertz CT molecular complexity index is 1170. The molecule has 1 aromatic carbocycles. The van der Waals surface area contributed by atoms with E-state index in [2.05, 4.69) is 4.74 Å². The number of carbonyl (C=O) groups excluding carboxylic acids is 1. The van der Waals surface area contributed by atoms with Crippen LogP contribution in [0.4, 0.5) is 13.2 Å². The lowest BCUT2D eigenvalue weighted by molar-refractivity contribution is -0.161. The zero-order chi connectivity index (χ0) is 25.9. The largest absolute Gasteiger partial charge is 0.493 e. The van der Waals surface area contributed by atoms with E-state index >= 15 is 0 Å². The third-order valence-electron chi connectivity index (χ3n) is 5.68. The molecule has 35 heavy (non-hydrogen) atoms. The maximum Gasteiger partial charge on any atom is 0.422 e. The van der Waals surface area contributed by atoms with Crippen molar-refractivity contribution in [3.63, 3.8) is 0 Å². The predicted octanol–water partition coefficient (Wildman–Crippen LogP) is 4.10. The first-order valence-corrected chi connectivity index (χ1v) is 10.9. The van der Waals surface area contributed by atoms with Gasteiger partial charge in [-0.3, -0.25) is 4.79 Å². The second kappa shape index (κ2) is 10.5. The Morgan fingerprint density at radius 2 is 1.89 bits per heavy atom. The average molecular weight is 497 g/mol. The van der Waals surface area contributed by atoms with E-state index < -0.39 is 35.7 Å². The third-order valence-corrected chi connectivity index (χ3v) is 5.68. The lowest BCUT2D eigenvalue weighted by Gasteiger charge is -2.34. The van der Waals surface area contributed by atoms with Crippen LogP contribution in [0.5, 0.6) is 5.75 Å². The van der Waals surface area contributed by atoms with Crippen LogP contribution in [-0.4, -0.2) is 54.7 Å². The summed E-state index contributed by atoms with van der Waals surface area (Å²) in [6.07, 6.45) is -2.53. The maximum atomic E-state index is 12.6. The smallest absolute Gasteiger partial charge is 0.422 e. The molecule has 1 atom stereocenters. The first kappa shape index (κ1) is 26.3. The van der Waals surface area contributed by atoms with E-state index in [0.29, 0.717) is 36.3 Å². The maximum absolute atomic E-state index is 12.6. The number of fused-ring (bicyclic) bond motifs is 3. The Labute approximate surface area is 199 Å². The minimum absolute atomic E-state index is 0.0496. The van der Waals surface area contributed by atoms with E-state index in [-0.39, 0.29) is 29.9 Å². The number of carboxylic acids is 1. The number of pyridine rings is 1. The molecule has 3 rings (SSSR count). The van der Waals surface area contributed by atoms with Crippen LogP contribution < -0.4 is 10.2 Å². The molecule has 2 heterocycles. The van der Waals surface area contributed by atoms with Crippen LogP contribution in [-0.2, 0) is 15.9 Å². The molecule has 11 heteroatoms. The van der Waals surface area contributed by atoms with Gasteiger partial charge >= 0.3 is 18.1 Å². The molecule has 0 radical (unpaired) electrons. The molecule has 0 amide bonds. The zero-order valence-electron chi connectivity index (χ0n) is 19.5. The number of nitrogens with zero attached hydrogens (tertiary/aromatic N) is 1. The Balaban J connectivity index is 2.14. The van der Waals surface area contributed by atoms with Crippen LogP contribution in [0.1, 0.15) is 52.6 Å². The highest BCUT2D eigenvalue weighted by Gasteiger charge is 2.33. The van der Waals surface area contributed by atoms with Crippen molar-refractivity contribution in [1.29, 1.82) is 0 Å². The molecule has 1 N–H and O–H groups in total. The lowest BCUT2D eigenvalue weighted by Crippen LogP contribution is -2.28. The summed E-state index contributed by atoms with van der Waals surface area (Å²) < 4.78 is 54.7. The van der Waals surface area contributed by atoms with Crippen molar-refractivity contribution in [2.75, 3.05) is 26.9 Å². The molecular formula is C24H26F3NO7. The van der Waals surface area contributed by atoms with Crippen LogP contribution in [0.15, 0.2) is 29.2 Å². The van der Waals surface area contributed by atoms with Gasteiger partial charge in [0.25, 0.3) is 0 Å². The number of hydrogen-bond acceptors (Lipinski definition) is 6. The Kier molecular flexibility index (Phi) is 7.89. The van der Waals surface area contributed by atoms with E-state index in [1.807, 2.05) is 13.8 Å². The number of aromatic nitrogens is 1. The summed E-state index contributed by atoms with van der Waals surface area (Å²) in [4.78, 5) is 36.6. The first-order valence-electron chi connectivity index (χ1n) is 10.9. The molecule has 1 unspecified atom stereocenters. The number of esters is 1. The van der Waals surface area contributed by atoms with E-state index in [1.165, 1.54) is 25.4 Å². The highest BCUT2D eigenvalue weighted by Crippen LogP contribution is 2.40. The molecule has 0 saturated carbocycles. The average Bonchev–Trinajstić information content (AvgIpc) is 2.78. The molecule has 0 spiro atoms. The molecule has 190 valence electrons. The minimum atomic E-state index is -4.71. The van der Waals surface area contributed by atoms with Crippen molar-refractivity contribution in [3.8, 4) is 17.0 Å². The topological polar surface area (TPSA) is 104 Å². The van der Waals surface area contributed by atoms with E-state index in [1.54, 1.807) is 10.6 Å². The van der Waals surface area contributed by atoms with E-state index in [0.717, 1.165) is 0 Å². The number of carboxylic acid groups (broad SMARTS) is 1. The summed E-state index contributed by atoms with van der Waals surface area (Å²) in [6.45, 7) is 2.67. The number of rotatable bonds is 9. The Morgan fingerprint density at radius 3 is 2.49 bits per heavy atom. The Hall–Kier alpha value is -3.34. The summed E-state index contributed by atoms with van der Waals surface area (Å²) in [5, 5.41) is 9.39. The molecule has 0 fully saturated rings. The van der Waals surface area contributed by atoms with Crippen molar-refractivity contribution in [2.24, 2.45) is 5.92 Å². The van der Waals surface area contributed by atoms with Crippen molar-refractivity contribution < 1.29 is 42.1 Å². The number of alkyl halides is 3. The normalized spacial score (nSPS) is 14.9. The second-order valence-electron chi connectivity index (χ2n) is 8.56. The van der Waals surface area contributed by atoms with E-state index in [9.17, 15) is 32.7 Å². The lowest BCUT2D eigenvalue weighted by atomic mass is 9.86. The molecule has 1 aliphatic rings. The summed E-state index contributed by atoms with van der Waals surface area (Å²) in [7, 11) is 1.51. The number of halogens is 3. The monoisotopic (exact) mass is 497 g/mol. The quantitative estimate of drug-likeness (QED) is 0.411. The molecule has 8 nitrogen and oxygen atoms in total. The first-order chi connectivity index (χ1) is 16.4. The van der Waals surface area contributed by atoms with Crippen molar-refractivity contribution >= 4 is 11.9 Å². The van der Waals surface area contributed by atoms with Crippen molar-refractivity contribution in [2.45, 2.75) is 38.9 Å². The van der Waals surface area contributed by atoms with Gasteiger partial charge in [-0.1, -0.05) is 13.8 Å². The van der Waals surface area contributed by atoms with Gasteiger partial charge in [0.05, 0.1) is 12.3 Å². The Morgan fingerprint density at radius 1 is 1.17 bits per heavy atom. The fourth-order valence-corrected chi connectivity index (χ4v) is 4.00. The standard InChI is InChI=1S/C24H26F3NO7/c1-13(2)18-7-14-8-21(34-6-4-5-33-3)16(23(32)35-12-24(25,26)27)9-15(14)19-10-20(29)17(22(30)31)11-28(18)19/h8-11,13,18H,4-7,12H2,1-3H3,(H,30,31). The van der Waals surface area contributed by atoms with Crippen LogP contribution in [0.3, 0.4) is 0 Å². The summed E-state index contributed by atoms with van der Waals surface area (Å²) in [6, 6.07) is 3.87. The van der Waals surface area contributed by atoms with E-state index in [4.69, 9.17) is 9.47 Å². The van der Waals surface area contributed by atoms with Gasteiger partial charge in [-0.2, -0.15) is 13.2 Å². The minimum Gasteiger partial charge on any atom is -0.493 e. The summed E-state index contributed by atoms with van der Waals surface area (Å²) >= 11 is 0. The van der Waals surface area contributed by atoms with Crippen LogP contribution in [0.2, 0.25) is 0 Å². The molecule has 0 aliphatic carbocycles. The number of benzene rings is 1. The fraction of sp³-hybridized carbons (Fsp3) is 0.458. The predicted molar refractivity (Wildman–Crippen MR) is 119 cm³/mol. The van der Waals surface area contributed by atoms with Gasteiger partial charge in [0.15, 0.2) is 12.0 Å². The SMILES string of the molecule is COCCCOc1cc2c(cc1C(=O)OCC(F)(F)F)-c1cc(=O)c(C(=O)O)cn1C(C(C)C)C2. The molecule has 0 saturated heterocycles. The number of aromatic carboxylic acids is 1.